The number of halogens is 4. The lowest BCUT2D eigenvalue weighted by molar-refractivity contribution is -0.141. The lowest BCUT2D eigenvalue weighted by Gasteiger charge is -2.31. The zero-order chi connectivity index (χ0) is 22.9. The Labute approximate surface area is 188 Å². The maximum atomic E-state index is 15.6. The highest BCUT2D eigenvalue weighted by molar-refractivity contribution is 7.15. The summed E-state index contributed by atoms with van der Waals surface area (Å²) in [5.41, 5.74) is -0.241. The summed E-state index contributed by atoms with van der Waals surface area (Å²) in [6.07, 6.45) is 3.18. The van der Waals surface area contributed by atoms with Crippen molar-refractivity contribution in [3.8, 4) is 10.4 Å². The summed E-state index contributed by atoms with van der Waals surface area (Å²) >= 11 is 1.32. The number of rotatable bonds is 5. The van der Waals surface area contributed by atoms with Gasteiger partial charge in [-0.25, -0.2) is 19.3 Å². The first-order valence-corrected chi connectivity index (χ1v) is 11.4. The zero-order valence-electron chi connectivity index (χ0n) is 17.8. The van der Waals surface area contributed by atoms with E-state index in [2.05, 4.69) is 20.3 Å². The molecule has 0 aliphatic heterocycles. The maximum Gasteiger partial charge on any atom is 0.433 e. The fourth-order valence-corrected chi connectivity index (χ4v) is 5.18. The number of aromatic nitrogens is 3. The molecule has 0 radical (unpaired) electrons. The van der Waals surface area contributed by atoms with Crippen molar-refractivity contribution in [1.29, 1.82) is 0 Å². The van der Waals surface area contributed by atoms with Crippen molar-refractivity contribution in [1.82, 2.24) is 15.0 Å². The molecule has 1 N–H and O–H groups in total. The lowest BCUT2D eigenvalue weighted by Crippen LogP contribution is -2.28. The average molecular weight is 465 g/mol. The number of thiazole rings is 1. The van der Waals surface area contributed by atoms with Crippen molar-refractivity contribution in [2.45, 2.75) is 57.8 Å². The molecule has 2 aromatic heterocycles. The molecule has 1 fully saturated rings. The lowest BCUT2D eigenvalue weighted by atomic mass is 9.79. The maximum absolute atomic E-state index is 15.6. The van der Waals surface area contributed by atoms with Gasteiger partial charge in [0.25, 0.3) is 0 Å². The van der Waals surface area contributed by atoms with Crippen LogP contribution in [0.1, 0.15) is 55.3 Å². The number of benzene rings is 1. The van der Waals surface area contributed by atoms with Gasteiger partial charge in [0.2, 0.25) is 5.95 Å². The number of aryl methyl sites for hydroxylation is 1. The van der Waals surface area contributed by atoms with Crippen LogP contribution in [-0.4, -0.2) is 15.0 Å². The van der Waals surface area contributed by atoms with E-state index in [1.54, 1.807) is 25.3 Å². The van der Waals surface area contributed by atoms with E-state index < -0.39 is 17.5 Å². The van der Waals surface area contributed by atoms with Gasteiger partial charge in [-0.05, 0) is 61.9 Å². The molecule has 1 aliphatic rings. The SMILES string of the molecule is Cc1cc(Nc2nccc(C(F)(F)F)n2)cc(-c2cnc(C(C)(F)C3CCCCC3)s2)c1. The number of hydrogen-bond donors (Lipinski definition) is 1. The van der Waals surface area contributed by atoms with Crippen molar-refractivity contribution in [2.24, 2.45) is 5.92 Å². The summed E-state index contributed by atoms with van der Waals surface area (Å²) in [5, 5.41) is 3.31. The van der Waals surface area contributed by atoms with Gasteiger partial charge < -0.3 is 5.32 Å². The Bertz CT molecular complexity index is 1090. The molecule has 0 bridgehead atoms. The first-order chi connectivity index (χ1) is 15.1. The van der Waals surface area contributed by atoms with Crippen LogP contribution >= 0.6 is 11.3 Å². The highest BCUT2D eigenvalue weighted by Gasteiger charge is 2.39. The van der Waals surface area contributed by atoms with Gasteiger partial charge in [0.05, 0.1) is 4.88 Å². The van der Waals surface area contributed by atoms with Crippen molar-refractivity contribution in [3.63, 3.8) is 0 Å². The second-order valence-electron chi connectivity index (χ2n) is 8.42. The van der Waals surface area contributed by atoms with E-state index in [-0.39, 0.29) is 11.9 Å². The zero-order valence-corrected chi connectivity index (χ0v) is 18.7. The predicted octanol–water partition coefficient (Wildman–Crippen LogP) is 7.44. The Hall–Kier alpha value is -2.55. The first kappa shape index (κ1) is 22.6. The van der Waals surface area contributed by atoms with E-state index in [0.717, 1.165) is 60.4 Å². The minimum Gasteiger partial charge on any atom is -0.324 e. The Morgan fingerprint density at radius 2 is 1.78 bits per heavy atom. The van der Waals surface area contributed by atoms with Crippen molar-refractivity contribution < 1.29 is 17.6 Å². The average Bonchev–Trinajstić information content (AvgIpc) is 3.25. The third-order valence-electron chi connectivity index (χ3n) is 5.86. The summed E-state index contributed by atoms with van der Waals surface area (Å²) < 4.78 is 54.4. The monoisotopic (exact) mass is 464 g/mol. The van der Waals surface area contributed by atoms with E-state index in [0.29, 0.717) is 10.7 Å². The number of nitrogens with zero attached hydrogens (tertiary/aromatic N) is 3. The Kier molecular flexibility index (Phi) is 6.20. The van der Waals surface area contributed by atoms with Gasteiger partial charge in [-0.2, -0.15) is 13.2 Å². The van der Waals surface area contributed by atoms with Crippen molar-refractivity contribution >= 4 is 23.0 Å². The van der Waals surface area contributed by atoms with Crippen LogP contribution in [0.25, 0.3) is 10.4 Å². The smallest absolute Gasteiger partial charge is 0.324 e. The van der Waals surface area contributed by atoms with E-state index in [1.165, 1.54) is 11.3 Å². The summed E-state index contributed by atoms with van der Waals surface area (Å²) in [7, 11) is 0. The third-order valence-corrected chi connectivity index (χ3v) is 7.12. The minimum atomic E-state index is -4.55. The Morgan fingerprint density at radius 1 is 1.03 bits per heavy atom. The second-order valence-corrected chi connectivity index (χ2v) is 9.45. The van der Waals surface area contributed by atoms with Gasteiger partial charge >= 0.3 is 6.18 Å². The summed E-state index contributed by atoms with van der Waals surface area (Å²) in [6.45, 7) is 3.50. The molecule has 1 aromatic carbocycles. The molecule has 0 amide bonds. The molecule has 1 unspecified atom stereocenters. The molecular formula is C23H24F4N4S. The van der Waals surface area contributed by atoms with E-state index >= 15 is 4.39 Å². The summed E-state index contributed by atoms with van der Waals surface area (Å²) in [5.74, 6) is -0.168. The Balaban J connectivity index is 1.59. The van der Waals surface area contributed by atoms with Crippen LogP contribution in [0.4, 0.5) is 29.2 Å². The number of nitrogens with one attached hydrogen (secondary N) is 1. The first-order valence-electron chi connectivity index (χ1n) is 10.6. The van der Waals surface area contributed by atoms with Crippen LogP contribution in [0.2, 0.25) is 0 Å². The molecule has 1 saturated carbocycles. The van der Waals surface area contributed by atoms with Crippen LogP contribution in [0, 0.1) is 12.8 Å². The minimum absolute atomic E-state index is 0.0250. The highest BCUT2D eigenvalue weighted by Crippen LogP contribution is 2.45. The molecule has 3 aromatic rings. The van der Waals surface area contributed by atoms with Crippen LogP contribution in [0.3, 0.4) is 0 Å². The molecule has 1 aliphatic carbocycles. The predicted molar refractivity (Wildman–Crippen MR) is 118 cm³/mol. The molecule has 2 heterocycles. The molecule has 32 heavy (non-hydrogen) atoms. The number of alkyl halides is 4. The van der Waals surface area contributed by atoms with Crippen molar-refractivity contribution in [2.75, 3.05) is 5.32 Å². The molecule has 4 rings (SSSR count). The molecular weight excluding hydrogens is 440 g/mol. The molecule has 0 spiro atoms. The van der Waals surface area contributed by atoms with Crippen LogP contribution in [0.5, 0.6) is 0 Å². The quantitative estimate of drug-likeness (QED) is 0.399. The van der Waals surface area contributed by atoms with Crippen LogP contribution in [-0.2, 0) is 11.8 Å². The van der Waals surface area contributed by atoms with E-state index in [4.69, 9.17) is 0 Å². The molecule has 4 nitrogen and oxygen atoms in total. The van der Waals surface area contributed by atoms with Gasteiger partial charge in [0.1, 0.15) is 10.7 Å². The van der Waals surface area contributed by atoms with Gasteiger partial charge in [-0.1, -0.05) is 25.3 Å². The van der Waals surface area contributed by atoms with Gasteiger partial charge in [-0.15, -0.1) is 11.3 Å². The van der Waals surface area contributed by atoms with Gasteiger partial charge in [-0.3, -0.25) is 0 Å². The van der Waals surface area contributed by atoms with Crippen molar-refractivity contribution in [3.05, 3.63) is 52.9 Å². The molecule has 1 atom stereocenters. The molecule has 0 saturated heterocycles. The van der Waals surface area contributed by atoms with Gasteiger partial charge in [0.15, 0.2) is 5.67 Å². The number of hydrogen-bond acceptors (Lipinski definition) is 5. The van der Waals surface area contributed by atoms with E-state index in [9.17, 15) is 13.2 Å². The topological polar surface area (TPSA) is 50.7 Å². The summed E-state index contributed by atoms with van der Waals surface area (Å²) in [6, 6.07) is 6.33. The number of anilines is 2. The largest absolute Gasteiger partial charge is 0.433 e. The summed E-state index contributed by atoms with van der Waals surface area (Å²) in [4.78, 5) is 12.6. The molecule has 170 valence electrons. The van der Waals surface area contributed by atoms with Crippen LogP contribution < -0.4 is 5.32 Å². The normalized spacial score (nSPS) is 17.2. The standard InChI is InChI=1S/C23H24F4N4S/c1-14-10-15(12-17(11-14)30-21-28-9-8-19(31-21)23(25,26)27)18-13-29-20(32-18)22(2,24)16-6-4-3-5-7-16/h8-13,16H,3-7H2,1-2H3,(H,28,30,31). The Morgan fingerprint density at radius 3 is 2.50 bits per heavy atom. The molecule has 9 heteroatoms. The highest BCUT2D eigenvalue weighted by atomic mass is 32.1. The van der Waals surface area contributed by atoms with Gasteiger partial charge in [0, 0.05) is 18.1 Å². The third kappa shape index (κ3) is 4.92. The fraction of sp³-hybridized carbons (Fsp3) is 0.435. The second kappa shape index (κ2) is 8.77. The van der Waals surface area contributed by atoms with Crippen LogP contribution in [0.15, 0.2) is 36.7 Å². The van der Waals surface area contributed by atoms with E-state index in [1.807, 2.05) is 13.0 Å². The fourth-order valence-electron chi connectivity index (χ4n) is 4.16.